The normalized spacial score (nSPS) is 13.0. The van der Waals surface area contributed by atoms with E-state index in [1.807, 2.05) is 18.2 Å². The molecule has 1 unspecified atom stereocenters. The number of hydrogen-bond donors (Lipinski definition) is 1. The minimum absolute atomic E-state index is 0.477. The number of thioether (sulfide) groups is 1. The van der Waals surface area contributed by atoms with Gasteiger partial charge in [-0.15, -0.1) is 11.3 Å². The smallest absolute Gasteiger partial charge is 0.247 e. The predicted octanol–water partition coefficient (Wildman–Crippen LogP) is 9.46. The number of aliphatic hydroxyl groups excluding tert-OH is 1. The number of thiazole rings is 1. The summed E-state index contributed by atoms with van der Waals surface area (Å²) in [4.78, 5) is 4.65. The van der Waals surface area contributed by atoms with Crippen molar-refractivity contribution in [2.75, 3.05) is 24.7 Å². The Balaban J connectivity index is 1.74. The van der Waals surface area contributed by atoms with Crippen LogP contribution in [0, 0.1) is 0 Å². The molecule has 0 amide bonds. The van der Waals surface area contributed by atoms with Crippen molar-refractivity contribution in [1.82, 2.24) is 4.98 Å². The fourth-order valence-corrected chi connectivity index (χ4v) is 10.1. The Morgan fingerprint density at radius 2 is 1.46 bits per heavy atom. The summed E-state index contributed by atoms with van der Waals surface area (Å²) in [5.74, 6) is 1.12. The molecule has 0 spiro atoms. The number of benzene rings is 1. The Morgan fingerprint density at radius 3 is 2.06 bits per heavy atom. The number of aliphatic hydroxyl groups is 1. The SMILES string of the molecule is CCCCCCCCOP(=S)(OCCCCCCCC)SCC(O)CSc1nc2ccccc2s1. The summed E-state index contributed by atoms with van der Waals surface area (Å²) < 4.78 is 14.5. The quantitative estimate of drug-likeness (QED) is 0.0849. The number of para-hydroxylation sites is 1. The van der Waals surface area contributed by atoms with Gasteiger partial charge >= 0.3 is 0 Å². The van der Waals surface area contributed by atoms with Crippen molar-refractivity contribution >= 4 is 62.2 Å². The van der Waals surface area contributed by atoms with Crippen LogP contribution in [0.4, 0.5) is 0 Å². The molecule has 9 heteroatoms. The molecule has 1 aromatic carbocycles. The Labute approximate surface area is 230 Å². The van der Waals surface area contributed by atoms with E-state index in [9.17, 15) is 5.11 Å². The van der Waals surface area contributed by atoms with Gasteiger partial charge < -0.3 is 14.2 Å². The maximum Gasteiger partial charge on any atom is 0.247 e. The summed E-state index contributed by atoms with van der Waals surface area (Å²) in [5.41, 5.74) is -1.43. The number of hydrogen-bond acceptors (Lipinski definition) is 8. The molecule has 2 aromatic rings. The van der Waals surface area contributed by atoms with E-state index >= 15 is 0 Å². The molecular formula is C26H44NO3PS4. The van der Waals surface area contributed by atoms with Crippen LogP contribution in [0.2, 0.25) is 0 Å². The topological polar surface area (TPSA) is 51.6 Å². The Bertz CT molecular complexity index is 796. The first-order chi connectivity index (χ1) is 17.1. The lowest BCUT2D eigenvalue weighted by Crippen LogP contribution is -2.13. The molecule has 0 fully saturated rings. The zero-order valence-corrected chi connectivity index (χ0v) is 25.7. The molecule has 0 radical (unpaired) electrons. The molecule has 4 nitrogen and oxygen atoms in total. The van der Waals surface area contributed by atoms with E-state index in [0.717, 1.165) is 22.7 Å². The van der Waals surface area contributed by atoms with Gasteiger partial charge in [-0.1, -0.05) is 113 Å². The van der Waals surface area contributed by atoms with Gasteiger partial charge in [0.25, 0.3) is 0 Å². The summed E-state index contributed by atoms with van der Waals surface area (Å²) in [5, 5.41) is 10.6. The molecule has 0 aliphatic carbocycles. The first-order valence-electron chi connectivity index (χ1n) is 13.3. The van der Waals surface area contributed by atoms with Crippen LogP contribution in [-0.2, 0) is 20.9 Å². The fraction of sp³-hybridized carbons (Fsp3) is 0.731. The number of nitrogens with zero attached hydrogens (tertiary/aromatic N) is 1. The average Bonchev–Trinajstić information content (AvgIpc) is 3.28. The zero-order valence-electron chi connectivity index (χ0n) is 21.5. The summed E-state index contributed by atoms with van der Waals surface area (Å²) >= 11 is 10.7. The van der Waals surface area contributed by atoms with Crippen LogP contribution in [0.3, 0.4) is 0 Å². The van der Waals surface area contributed by atoms with Gasteiger partial charge in [-0.2, -0.15) is 0 Å². The summed E-state index contributed by atoms with van der Waals surface area (Å²) in [6.07, 6.45) is 14.2. The third-order valence-corrected chi connectivity index (χ3v) is 13.4. The lowest BCUT2D eigenvalue weighted by molar-refractivity contribution is 0.224. The molecule has 0 aliphatic heterocycles. The fourth-order valence-electron chi connectivity index (χ4n) is 3.54. The second-order valence-electron chi connectivity index (χ2n) is 8.86. The van der Waals surface area contributed by atoms with Crippen molar-refractivity contribution in [3.63, 3.8) is 0 Å². The number of unbranched alkanes of at least 4 members (excludes halogenated alkanes) is 10. The van der Waals surface area contributed by atoms with E-state index in [4.69, 9.17) is 20.9 Å². The molecule has 1 heterocycles. The van der Waals surface area contributed by atoms with Gasteiger partial charge in [0.05, 0.1) is 29.5 Å². The van der Waals surface area contributed by atoms with Crippen LogP contribution < -0.4 is 0 Å². The third kappa shape index (κ3) is 14.2. The van der Waals surface area contributed by atoms with Gasteiger partial charge in [0.15, 0.2) is 4.34 Å². The minimum Gasteiger partial charge on any atom is -0.391 e. The second kappa shape index (κ2) is 19.4. The van der Waals surface area contributed by atoms with Gasteiger partial charge in [-0.25, -0.2) is 4.98 Å². The van der Waals surface area contributed by atoms with Crippen molar-refractivity contribution in [2.24, 2.45) is 0 Å². The number of rotatable bonds is 22. The van der Waals surface area contributed by atoms with Gasteiger partial charge in [-0.3, -0.25) is 0 Å². The largest absolute Gasteiger partial charge is 0.391 e. The van der Waals surface area contributed by atoms with Gasteiger partial charge in [-0.05, 0) is 36.8 Å². The Morgan fingerprint density at radius 1 is 0.886 bits per heavy atom. The molecule has 200 valence electrons. The van der Waals surface area contributed by atoms with E-state index < -0.39 is 11.8 Å². The highest BCUT2D eigenvalue weighted by Gasteiger charge is 2.22. The van der Waals surface area contributed by atoms with Gasteiger partial charge in [0, 0.05) is 11.5 Å². The van der Waals surface area contributed by atoms with E-state index in [-0.39, 0.29) is 0 Å². The predicted molar refractivity (Wildman–Crippen MR) is 162 cm³/mol. The lowest BCUT2D eigenvalue weighted by atomic mass is 10.1. The van der Waals surface area contributed by atoms with Crippen LogP contribution in [0.15, 0.2) is 28.6 Å². The maximum atomic E-state index is 10.6. The monoisotopic (exact) mass is 577 g/mol. The summed E-state index contributed by atoms with van der Waals surface area (Å²) in [6.45, 7) is 5.79. The van der Waals surface area contributed by atoms with Gasteiger partial charge in [0.2, 0.25) is 5.69 Å². The molecule has 1 aromatic heterocycles. The van der Waals surface area contributed by atoms with Crippen LogP contribution in [0.5, 0.6) is 0 Å². The second-order valence-corrected chi connectivity index (χ2v) is 17.5. The van der Waals surface area contributed by atoms with Crippen molar-refractivity contribution in [1.29, 1.82) is 0 Å². The molecule has 35 heavy (non-hydrogen) atoms. The van der Waals surface area contributed by atoms with E-state index in [1.165, 1.54) is 80.3 Å². The molecule has 0 aliphatic rings. The third-order valence-electron chi connectivity index (χ3n) is 5.59. The first kappa shape index (κ1) is 31.6. The van der Waals surface area contributed by atoms with Crippen molar-refractivity contribution in [3.05, 3.63) is 24.3 Å². The summed E-state index contributed by atoms with van der Waals surface area (Å²) in [7, 11) is 0. The molecule has 2 rings (SSSR count). The van der Waals surface area contributed by atoms with Crippen molar-refractivity contribution < 1.29 is 14.2 Å². The van der Waals surface area contributed by atoms with E-state index in [2.05, 4.69) is 24.9 Å². The van der Waals surface area contributed by atoms with Crippen LogP contribution in [-0.4, -0.2) is 40.9 Å². The summed E-state index contributed by atoms with van der Waals surface area (Å²) in [6, 6.07) is 8.15. The highest BCUT2D eigenvalue weighted by atomic mass is 32.9. The van der Waals surface area contributed by atoms with Crippen LogP contribution in [0.25, 0.3) is 10.2 Å². The van der Waals surface area contributed by atoms with Gasteiger partial charge in [0.1, 0.15) is 0 Å². The standard InChI is InChI=1S/C26H44NO3PS4/c1-3-5-7-9-11-15-19-29-31(32,30-20-16-12-10-8-6-4-2)34-22-23(28)21-33-26-27-24-17-13-14-18-25(24)35-26/h13-14,17-18,23,28H,3-12,15-16,19-22H2,1-2H3. The maximum absolute atomic E-state index is 10.6. The highest BCUT2D eigenvalue weighted by molar-refractivity contribution is 8.67. The lowest BCUT2D eigenvalue weighted by Gasteiger charge is -2.23. The Kier molecular flexibility index (Phi) is 17.5. The molecule has 0 saturated heterocycles. The van der Waals surface area contributed by atoms with Crippen molar-refractivity contribution in [2.45, 2.75) is 101 Å². The van der Waals surface area contributed by atoms with Crippen LogP contribution in [0.1, 0.15) is 90.9 Å². The molecule has 0 bridgehead atoms. The molecular weight excluding hydrogens is 534 g/mol. The number of fused-ring (bicyclic) bond motifs is 1. The first-order valence-corrected chi connectivity index (χ1v) is 19.3. The average molecular weight is 578 g/mol. The zero-order chi connectivity index (χ0) is 25.2. The number of aromatic nitrogens is 1. The highest BCUT2D eigenvalue weighted by Crippen LogP contribution is 2.61. The minimum atomic E-state index is -2.45. The van der Waals surface area contributed by atoms with Crippen molar-refractivity contribution in [3.8, 4) is 0 Å². The Hall–Kier alpha value is 0.340. The molecule has 0 saturated carbocycles. The van der Waals surface area contributed by atoms with Crippen LogP contribution >= 0.6 is 40.2 Å². The molecule has 1 atom stereocenters. The molecule has 1 N–H and O–H groups in total. The van der Waals surface area contributed by atoms with E-state index in [0.29, 0.717) is 24.7 Å². The van der Waals surface area contributed by atoms with E-state index in [1.54, 1.807) is 23.1 Å².